The summed E-state index contributed by atoms with van der Waals surface area (Å²) in [5.74, 6) is 4.87. The van der Waals surface area contributed by atoms with E-state index < -0.39 is 6.10 Å². The lowest BCUT2D eigenvalue weighted by molar-refractivity contribution is -0.121. The Balaban J connectivity index is 3.45. The minimum absolute atomic E-state index is 0.103. The molecule has 5 N–H and O–H groups in total. The van der Waals surface area contributed by atoms with Gasteiger partial charge in [0.1, 0.15) is 0 Å². The highest BCUT2D eigenvalue weighted by Crippen LogP contribution is 2.02. The number of aliphatic hydroxyl groups excluding tert-OH is 1. The number of hydrogen-bond acceptors (Lipinski definition) is 4. The molecule has 0 heterocycles. The highest BCUT2D eigenvalue weighted by atomic mass is 16.3. The molecule has 0 fully saturated rings. The van der Waals surface area contributed by atoms with E-state index in [-0.39, 0.29) is 5.91 Å². The van der Waals surface area contributed by atoms with Crippen molar-refractivity contribution in [2.45, 2.75) is 45.1 Å². The summed E-state index contributed by atoms with van der Waals surface area (Å²) in [5, 5.41) is 12.2. The number of nitrogens with two attached hydrogens (primary N) is 1. The SMILES string of the molecule is CCCCCC(O)CNC(=O)CCN=CNN. The maximum atomic E-state index is 11.3. The van der Waals surface area contributed by atoms with E-state index in [1.165, 1.54) is 6.34 Å². The van der Waals surface area contributed by atoms with Crippen molar-refractivity contribution in [3.05, 3.63) is 0 Å². The average molecular weight is 244 g/mol. The molecule has 1 unspecified atom stereocenters. The van der Waals surface area contributed by atoms with E-state index >= 15 is 0 Å². The Morgan fingerprint density at radius 1 is 1.53 bits per heavy atom. The molecule has 0 aliphatic heterocycles. The van der Waals surface area contributed by atoms with Crippen LogP contribution in [0, 0.1) is 0 Å². The third-order valence-electron chi connectivity index (χ3n) is 2.31. The molecule has 1 atom stereocenters. The molecule has 17 heavy (non-hydrogen) atoms. The molecule has 100 valence electrons. The Labute approximate surface area is 103 Å². The molecule has 0 radical (unpaired) electrons. The van der Waals surface area contributed by atoms with Crippen molar-refractivity contribution >= 4 is 12.2 Å². The molecule has 0 aromatic heterocycles. The molecule has 0 aliphatic rings. The molecule has 1 amide bonds. The van der Waals surface area contributed by atoms with Gasteiger partial charge >= 0.3 is 0 Å². The highest BCUT2D eigenvalue weighted by Gasteiger charge is 2.06. The Hall–Kier alpha value is -1.14. The number of unbranched alkanes of at least 4 members (excludes halogenated alkanes) is 2. The Morgan fingerprint density at radius 3 is 2.94 bits per heavy atom. The second kappa shape index (κ2) is 11.3. The minimum Gasteiger partial charge on any atom is -0.391 e. The molecular weight excluding hydrogens is 220 g/mol. The Kier molecular flexibility index (Phi) is 10.6. The van der Waals surface area contributed by atoms with Crippen molar-refractivity contribution in [2.75, 3.05) is 13.1 Å². The third kappa shape index (κ3) is 11.1. The van der Waals surface area contributed by atoms with Crippen LogP contribution in [0.2, 0.25) is 0 Å². The lowest BCUT2D eigenvalue weighted by Gasteiger charge is -2.11. The largest absolute Gasteiger partial charge is 0.391 e. The van der Waals surface area contributed by atoms with Crippen molar-refractivity contribution in [1.82, 2.24) is 10.7 Å². The van der Waals surface area contributed by atoms with Crippen molar-refractivity contribution in [2.24, 2.45) is 10.8 Å². The van der Waals surface area contributed by atoms with Gasteiger partial charge in [-0.05, 0) is 6.42 Å². The number of aliphatic imine (C=N–C) groups is 1. The summed E-state index contributed by atoms with van der Waals surface area (Å²) in [6.07, 6.45) is 5.19. The lowest BCUT2D eigenvalue weighted by Crippen LogP contribution is -2.32. The van der Waals surface area contributed by atoms with Gasteiger partial charge in [-0.15, -0.1) is 0 Å². The normalized spacial score (nSPS) is 12.6. The van der Waals surface area contributed by atoms with E-state index in [2.05, 4.69) is 22.7 Å². The van der Waals surface area contributed by atoms with E-state index in [0.29, 0.717) is 19.5 Å². The quantitative estimate of drug-likeness (QED) is 0.142. The summed E-state index contributed by atoms with van der Waals surface area (Å²) in [5.41, 5.74) is 2.26. The molecule has 6 heteroatoms. The highest BCUT2D eigenvalue weighted by molar-refractivity contribution is 5.76. The maximum absolute atomic E-state index is 11.3. The first-order valence-electron chi connectivity index (χ1n) is 6.09. The number of carbonyl (C=O) groups excluding carboxylic acids is 1. The van der Waals surface area contributed by atoms with Crippen LogP contribution in [0.3, 0.4) is 0 Å². The van der Waals surface area contributed by atoms with E-state index in [1.54, 1.807) is 0 Å². The van der Waals surface area contributed by atoms with Gasteiger partial charge < -0.3 is 15.8 Å². The van der Waals surface area contributed by atoms with Gasteiger partial charge in [-0.1, -0.05) is 26.2 Å². The number of hydrazine groups is 1. The van der Waals surface area contributed by atoms with Gasteiger partial charge in [-0.3, -0.25) is 9.79 Å². The summed E-state index contributed by atoms with van der Waals surface area (Å²) in [4.78, 5) is 15.1. The first-order chi connectivity index (χ1) is 8.20. The van der Waals surface area contributed by atoms with Crippen LogP contribution in [-0.4, -0.2) is 36.5 Å². The van der Waals surface area contributed by atoms with Crippen LogP contribution in [0.1, 0.15) is 39.0 Å². The molecule has 0 aromatic rings. The molecule has 0 rings (SSSR count). The lowest BCUT2D eigenvalue weighted by atomic mass is 10.1. The molecule has 0 aromatic carbocycles. The van der Waals surface area contributed by atoms with Gasteiger partial charge in [-0.2, -0.15) is 0 Å². The van der Waals surface area contributed by atoms with Crippen LogP contribution in [0.15, 0.2) is 4.99 Å². The minimum atomic E-state index is -0.445. The monoisotopic (exact) mass is 244 g/mol. The van der Waals surface area contributed by atoms with Crippen molar-refractivity contribution in [3.8, 4) is 0 Å². The first kappa shape index (κ1) is 15.9. The number of rotatable bonds is 10. The number of aliphatic hydroxyl groups is 1. The molecule has 0 saturated carbocycles. The van der Waals surface area contributed by atoms with Gasteiger partial charge in [0.25, 0.3) is 0 Å². The summed E-state index contributed by atoms with van der Waals surface area (Å²) in [6, 6.07) is 0. The second-order valence-electron chi connectivity index (χ2n) is 3.91. The molecule has 0 spiro atoms. The van der Waals surface area contributed by atoms with Crippen LogP contribution < -0.4 is 16.6 Å². The van der Waals surface area contributed by atoms with Crippen LogP contribution in [0.4, 0.5) is 0 Å². The average Bonchev–Trinajstić information content (AvgIpc) is 2.32. The van der Waals surface area contributed by atoms with E-state index in [9.17, 15) is 9.90 Å². The van der Waals surface area contributed by atoms with E-state index in [1.807, 2.05) is 0 Å². The van der Waals surface area contributed by atoms with Crippen LogP contribution >= 0.6 is 0 Å². The van der Waals surface area contributed by atoms with Crippen LogP contribution in [0.5, 0.6) is 0 Å². The zero-order chi connectivity index (χ0) is 12.9. The topological polar surface area (TPSA) is 99.7 Å². The number of nitrogens with zero attached hydrogens (tertiary/aromatic N) is 1. The molecule has 6 nitrogen and oxygen atoms in total. The predicted octanol–water partition coefficient (Wildman–Crippen LogP) is -0.0745. The van der Waals surface area contributed by atoms with Gasteiger partial charge in [-0.25, -0.2) is 5.84 Å². The maximum Gasteiger partial charge on any atom is 0.221 e. The molecule has 0 saturated heterocycles. The van der Waals surface area contributed by atoms with Crippen molar-refractivity contribution in [3.63, 3.8) is 0 Å². The summed E-state index contributed by atoms with van der Waals surface area (Å²) in [6.45, 7) is 2.83. The zero-order valence-corrected chi connectivity index (χ0v) is 10.5. The number of nitrogens with one attached hydrogen (secondary N) is 2. The fourth-order valence-electron chi connectivity index (χ4n) is 1.34. The van der Waals surface area contributed by atoms with E-state index in [4.69, 9.17) is 5.84 Å². The number of carbonyl (C=O) groups is 1. The second-order valence-corrected chi connectivity index (χ2v) is 3.91. The molecule has 0 aliphatic carbocycles. The zero-order valence-electron chi connectivity index (χ0n) is 10.5. The smallest absolute Gasteiger partial charge is 0.221 e. The van der Waals surface area contributed by atoms with Gasteiger partial charge in [0, 0.05) is 19.5 Å². The first-order valence-corrected chi connectivity index (χ1v) is 6.09. The van der Waals surface area contributed by atoms with Crippen LogP contribution in [0.25, 0.3) is 0 Å². The summed E-state index contributed by atoms with van der Waals surface area (Å²) >= 11 is 0. The van der Waals surface area contributed by atoms with Crippen molar-refractivity contribution in [1.29, 1.82) is 0 Å². The van der Waals surface area contributed by atoms with Gasteiger partial charge in [0.15, 0.2) is 0 Å². The Morgan fingerprint density at radius 2 is 2.29 bits per heavy atom. The van der Waals surface area contributed by atoms with E-state index in [0.717, 1.165) is 25.7 Å². The van der Waals surface area contributed by atoms with Crippen molar-refractivity contribution < 1.29 is 9.90 Å². The van der Waals surface area contributed by atoms with Crippen LogP contribution in [-0.2, 0) is 4.79 Å². The molecular formula is C11H24N4O2. The summed E-state index contributed by atoms with van der Waals surface area (Å²) < 4.78 is 0. The number of amides is 1. The van der Waals surface area contributed by atoms with Gasteiger partial charge in [0.05, 0.1) is 12.4 Å². The molecule has 0 bridgehead atoms. The third-order valence-corrected chi connectivity index (χ3v) is 2.31. The Bertz CT molecular complexity index is 222. The fraction of sp³-hybridized carbons (Fsp3) is 0.818. The van der Waals surface area contributed by atoms with Gasteiger partial charge in [0.2, 0.25) is 5.91 Å². The predicted molar refractivity (Wildman–Crippen MR) is 68.5 cm³/mol. The summed E-state index contributed by atoms with van der Waals surface area (Å²) in [7, 11) is 0. The standard InChI is InChI=1S/C11H24N4O2/c1-2-3-4-5-10(16)8-14-11(17)6-7-13-9-15-12/h9-10,16H,2-8,12H2,1H3,(H,13,15)(H,14,17). The number of hydrogen-bond donors (Lipinski definition) is 4. The fourth-order valence-corrected chi connectivity index (χ4v) is 1.34.